The first kappa shape index (κ1) is 13.9. The van der Waals surface area contributed by atoms with E-state index < -0.39 is 0 Å². The predicted molar refractivity (Wildman–Crippen MR) is 79.2 cm³/mol. The van der Waals surface area contributed by atoms with Crippen LogP contribution in [0.25, 0.3) is 11.0 Å². The Morgan fingerprint density at radius 3 is 2.71 bits per heavy atom. The Morgan fingerprint density at radius 1 is 1.14 bits per heavy atom. The van der Waals surface area contributed by atoms with Crippen molar-refractivity contribution in [3.63, 3.8) is 0 Å². The number of halogens is 2. The van der Waals surface area contributed by atoms with Crippen molar-refractivity contribution in [3.05, 3.63) is 59.5 Å². The molecule has 0 saturated heterocycles. The summed E-state index contributed by atoms with van der Waals surface area (Å²) in [6.07, 6.45) is 0.617. The molecule has 0 atom stereocenters. The van der Waals surface area contributed by atoms with Gasteiger partial charge in [-0.05, 0) is 29.8 Å². The lowest BCUT2D eigenvalue weighted by Gasteiger charge is -2.07. The number of ether oxygens (including phenoxy) is 1. The van der Waals surface area contributed by atoms with E-state index in [-0.39, 0.29) is 5.82 Å². The third-order valence-electron chi connectivity index (χ3n) is 3.17. The standard InChI is InChI=1S/C16H13ClFNO2/c17-9-8-13-16-14(2-1-3-15(16)21-19-13)20-10-11-4-6-12(18)7-5-11/h1-7H,8-10H2. The van der Waals surface area contributed by atoms with E-state index in [1.54, 1.807) is 12.1 Å². The second kappa shape index (κ2) is 6.14. The summed E-state index contributed by atoms with van der Waals surface area (Å²) >= 11 is 5.78. The summed E-state index contributed by atoms with van der Waals surface area (Å²) in [7, 11) is 0. The van der Waals surface area contributed by atoms with E-state index in [0.29, 0.717) is 30.2 Å². The van der Waals surface area contributed by atoms with Gasteiger partial charge in [0.25, 0.3) is 0 Å². The van der Waals surface area contributed by atoms with Crippen molar-refractivity contribution >= 4 is 22.6 Å². The summed E-state index contributed by atoms with van der Waals surface area (Å²) < 4.78 is 24.0. The third kappa shape index (κ3) is 3.00. The Balaban J connectivity index is 1.86. The van der Waals surface area contributed by atoms with Gasteiger partial charge in [-0.3, -0.25) is 0 Å². The molecule has 3 aromatic rings. The lowest BCUT2D eigenvalue weighted by Crippen LogP contribution is -1.97. The monoisotopic (exact) mass is 305 g/mol. The highest BCUT2D eigenvalue weighted by Crippen LogP contribution is 2.30. The SMILES string of the molecule is Fc1ccc(COc2cccc3onc(CCCl)c23)cc1. The van der Waals surface area contributed by atoms with E-state index in [4.69, 9.17) is 20.9 Å². The van der Waals surface area contributed by atoms with Crippen LogP contribution in [0, 0.1) is 5.82 Å². The van der Waals surface area contributed by atoms with Gasteiger partial charge >= 0.3 is 0 Å². The number of hydrogen-bond acceptors (Lipinski definition) is 3. The molecule has 0 aliphatic carbocycles. The van der Waals surface area contributed by atoms with E-state index in [9.17, 15) is 4.39 Å². The third-order valence-corrected chi connectivity index (χ3v) is 3.36. The molecule has 0 radical (unpaired) electrons. The maximum Gasteiger partial charge on any atom is 0.170 e. The molecule has 0 aliphatic rings. The van der Waals surface area contributed by atoms with Gasteiger partial charge < -0.3 is 9.26 Å². The van der Waals surface area contributed by atoms with E-state index in [1.807, 2.05) is 18.2 Å². The van der Waals surface area contributed by atoms with Gasteiger partial charge in [-0.25, -0.2) is 4.39 Å². The second-order valence-electron chi connectivity index (χ2n) is 4.61. The molecule has 2 aromatic carbocycles. The maximum absolute atomic E-state index is 12.9. The fourth-order valence-electron chi connectivity index (χ4n) is 2.14. The number of hydrogen-bond donors (Lipinski definition) is 0. The predicted octanol–water partition coefficient (Wildman–Crippen LogP) is 4.33. The molecule has 0 amide bonds. The highest BCUT2D eigenvalue weighted by molar-refractivity contribution is 6.18. The molecular weight excluding hydrogens is 293 g/mol. The molecule has 0 N–H and O–H groups in total. The zero-order chi connectivity index (χ0) is 14.7. The maximum atomic E-state index is 12.9. The molecule has 1 heterocycles. The molecule has 0 bridgehead atoms. The van der Waals surface area contributed by atoms with Gasteiger partial charge in [0.2, 0.25) is 0 Å². The van der Waals surface area contributed by atoms with Crippen molar-refractivity contribution in [1.29, 1.82) is 0 Å². The van der Waals surface area contributed by atoms with Crippen molar-refractivity contribution in [3.8, 4) is 5.75 Å². The van der Waals surface area contributed by atoms with E-state index in [2.05, 4.69) is 5.16 Å². The van der Waals surface area contributed by atoms with Gasteiger partial charge in [-0.1, -0.05) is 23.4 Å². The quantitative estimate of drug-likeness (QED) is 0.658. The van der Waals surface area contributed by atoms with Crippen LogP contribution in [0.2, 0.25) is 0 Å². The molecule has 3 nitrogen and oxygen atoms in total. The molecule has 1 aromatic heterocycles. The molecular formula is C16H13ClFNO2. The first-order valence-corrected chi connectivity index (χ1v) is 7.12. The Bertz CT molecular complexity index is 740. The van der Waals surface area contributed by atoms with E-state index in [1.165, 1.54) is 12.1 Å². The van der Waals surface area contributed by atoms with Crippen LogP contribution in [-0.2, 0) is 13.0 Å². The number of benzene rings is 2. The van der Waals surface area contributed by atoms with Gasteiger partial charge in [0.15, 0.2) is 5.58 Å². The average molecular weight is 306 g/mol. The van der Waals surface area contributed by atoms with Crippen LogP contribution in [0.3, 0.4) is 0 Å². The molecule has 5 heteroatoms. The Kier molecular flexibility index (Phi) is 4.06. The zero-order valence-corrected chi connectivity index (χ0v) is 11.9. The number of rotatable bonds is 5. The minimum absolute atomic E-state index is 0.260. The largest absolute Gasteiger partial charge is 0.488 e. The Morgan fingerprint density at radius 2 is 1.95 bits per heavy atom. The molecule has 0 unspecified atom stereocenters. The Labute approximate surface area is 126 Å². The van der Waals surface area contributed by atoms with Crippen LogP contribution >= 0.6 is 11.6 Å². The molecule has 0 spiro atoms. The minimum Gasteiger partial charge on any atom is -0.488 e. The van der Waals surface area contributed by atoms with Gasteiger partial charge in [0.1, 0.15) is 18.2 Å². The van der Waals surface area contributed by atoms with Crippen LogP contribution in [0.1, 0.15) is 11.3 Å². The lowest BCUT2D eigenvalue weighted by molar-refractivity contribution is 0.309. The lowest BCUT2D eigenvalue weighted by atomic mass is 10.1. The molecule has 21 heavy (non-hydrogen) atoms. The van der Waals surface area contributed by atoms with Crippen molar-refractivity contribution in [2.75, 3.05) is 5.88 Å². The number of fused-ring (bicyclic) bond motifs is 1. The van der Waals surface area contributed by atoms with E-state index in [0.717, 1.165) is 16.6 Å². The van der Waals surface area contributed by atoms with Crippen LogP contribution in [-0.4, -0.2) is 11.0 Å². The smallest absolute Gasteiger partial charge is 0.170 e. The highest BCUT2D eigenvalue weighted by Gasteiger charge is 2.13. The number of nitrogens with zero attached hydrogens (tertiary/aromatic N) is 1. The van der Waals surface area contributed by atoms with Gasteiger partial charge in [0, 0.05) is 12.3 Å². The van der Waals surface area contributed by atoms with Gasteiger partial charge in [-0.2, -0.15) is 0 Å². The molecule has 0 saturated carbocycles. The van der Waals surface area contributed by atoms with E-state index >= 15 is 0 Å². The average Bonchev–Trinajstić information content (AvgIpc) is 2.91. The van der Waals surface area contributed by atoms with Crippen molar-refractivity contribution < 1.29 is 13.7 Å². The highest BCUT2D eigenvalue weighted by atomic mass is 35.5. The van der Waals surface area contributed by atoms with Crippen LogP contribution in [0.15, 0.2) is 47.0 Å². The molecule has 108 valence electrons. The number of aromatic nitrogens is 1. The summed E-state index contributed by atoms with van der Waals surface area (Å²) in [5, 5.41) is 4.87. The topological polar surface area (TPSA) is 35.3 Å². The summed E-state index contributed by atoms with van der Waals surface area (Å²) in [6, 6.07) is 11.8. The number of aryl methyl sites for hydroxylation is 1. The first-order chi connectivity index (χ1) is 10.3. The van der Waals surface area contributed by atoms with Crippen molar-refractivity contribution in [1.82, 2.24) is 5.16 Å². The minimum atomic E-state index is -0.260. The Hall–Kier alpha value is -2.07. The zero-order valence-electron chi connectivity index (χ0n) is 11.2. The van der Waals surface area contributed by atoms with Crippen molar-refractivity contribution in [2.45, 2.75) is 13.0 Å². The summed E-state index contributed by atoms with van der Waals surface area (Å²) in [4.78, 5) is 0. The summed E-state index contributed by atoms with van der Waals surface area (Å²) in [6.45, 7) is 0.352. The fourth-order valence-corrected chi connectivity index (χ4v) is 2.32. The molecule has 3 rings (SSSR count). The van der Waals surface area contributed by atoms with Crippen LogP contribution < -0.4 is 4.74 Å². The number of alkyl halides is 1. The van der Waals surface area contributed by atoms with Crippen molar-refractivity contribution in [2.24, 2.45) is 0 Å². The van der Waals surface area contributed by atoms with Crippen LogP contribution in [0.4, 0.5) is 4.39 Å². The van der Waals surface area contributed by atoms with Crippen LogP contribution in [0.5, 0.6) is 5.75 Å². The summed E-state index contributed by atoms with van der Waals surface area (Å²) in [5.41, 5.74) is 2.35. The molecule has 0 aliphatic heterocycles. The first-order valence-electron chi connectivity index (χ1n) is 6.58. The fraction of sp³-hybridized carbons (Fsp3) is 0.188. The van der Waals surface area contributed by atoms with Gasteiger partial charge in [-0.15, -0.1) is 11.6 Å². The normalized spacial score (nSPS) is 11.0. The molecule has 0 fully saturated rings. The summed E-state index contributed by atoms with van der Waals surface area (Å²) in [5.74, 6) is 0.899. The van der Waals surface area contributed by atoms with Gasteiger partial charge in [0.05, 0.1) is 11.1 Å². The second-order valence-corrected chi connectivity index (χ2v) is 4.99.